The summed E-state index contributed by atoms with van der Waals surface area (Å²) in [6.45, 7) is 6.37. The van der Waals surface area contributed by atoms with Gasteiger partial charge in [-0.15, -0.1) is 11.3 Å². The Bertz CT molecular complexity index is 276. The van der Waals surface area contributed by atoms with Gasteiger partial charge in [-0.1, -0.05) is 13.8 Å². The SMILES string of the molecule is CC(C)Cc1ccc(CCCC(C)O)s1. The van der Waals surface area contributed by atoms with Crippen LogP contribution in [0.5, 0.6) is 0 Å². The Kier molecular flexibility index (Phi) is 5.34. The fourth-order valence-corrected chi connectivity index (χ4v) is 2.91. The average Bonchev–Trinajstić information content (AvgIpc) is 2.50. The molecule has 15 heavy (non-hydrogen) atoms. The van der Waals surface area contributed by atoms with Crippen molar-refractivity contribution in [2.24, 2.45) is 5.92 Å². The van der Waals surface area contributed by atoms with Crippen molar-refractivity contribution in [2.75, 3.05) is 0 Å². The highest BCUT2D eigenvalue weighted by molar-refractivity contribution is 7.11. The van der Waals surface area contributed by atoms with E-state index in [0.717, 1.165) is 25.2 Å². The number of hydrogen-bond donors (Lipinski definition) is 1. The fourth-order valence-electron chi connectivity index (χ4n) is 1.64. The van der Waals surface area contributed by atoms with Gasteiger partial charge in [-0.25, -0.2) is 0 Å². The molecule has 0 amide bonds. The molecule has 0 aliphatic rings. The standard InChI is InChI=1S/C13H22OS/c1-10(2)9-13-8-7-12(15-13)6-4-5-11(3)14/h7-8,10-11,14H,4-6,9H2,1-3H3. The molecule has 0 radical (unpaired) electrons. The zero-order valence-corrected chi connectivity index (χ0v) is 10.8. The van der Waals surface area contributed by atoms with Gasteiger partial charge >= 0.3 is 0 Å². The second-order valence-electron chi connectivity index (χ2n) is 4.71. The summed E-state index contributed by atoms with van der Waals surface area (Å²) in [7, 11) is 0. The molecule has 0 spiro atoms. The first-order chi connectivity index (χ1) is 7.08. The molecule has 2 heteroatoms. The van der Waals surface area contributed by atoms with E-state index in [1.807, 2.05) is 18.3 Å². The fraction of sp³-hybridized carbons (Fsp3) is 0.692. The molecule has 0 bridgehead atoms. The molecule has 1 rings (SSSR count). The summed E-state index contributed by atoms with van der Waals surface area (Å²) in [6, 6.07) is 4.49. The topological polar surface area (TPSA) is 20.2 Å². The summed E-state index contributed by atoms with van der Waals surface area (Å²) in [6.07, 6.45) is 4.17. The van der Waals surface area contributed by atoms with Crippen LogP contribution in [0.1, 0.15) is 43.4 Å². The second-order valence-corrected chi connectivity index (χ2v) is 5.96. The molecule has 86 valence electrons. The van der Waals surface area contributed by atoms with Crippen LogP contribution in [0.15, 0.2) is 12.1 Å². The molecule has 1 aromatic heterocycles. The summed E-state index contributed by atoms with van der Waals surface area (Å²) >= 11 is 1.93. The van der Waals surface area contributed by atoms with E-state index < -0.39 is 0 Å². The third kappa shape index (κ3) is 5.33. The lowest BCUT2D eigenvalue weighted by molar-refractivity contribution is 0.182. The number of aryl methyl sites for hydroxylation is 1. The Morgan fingerprint density at radius 1 is 1.20 bits per heavy atom. The lowest BCUT2D eigenvalue weighted by Gasteiger charge is -2.02. The van der Waals surface area contributed by atoms with Crippen LogP contribution in [0.3, 0.4) is 0 Å². The maximum atomic E-state index is 9.16. The van der Waals surface area contributed by atoms with Crippen molar-refractivity contribution in [1.29, 1.82) is 0 Å². The quantitative estimate of drug-likeness (QED) is 0.785. The van der Waals surface area contributed by atoms with Crippen LogP contribution in [-0.2, 0) is 12.8 Å². The molecule has 0 saturated heterocycles. The predicted octanol–water partition coefficient (Wildman–Crippen LogP) is 3.65. The molecule has 1 heterocycles. The van der Waals surface area contributed by atoms with Crippen molar-refractivity contribution in [3.8, 4) is 0 Å². The highest BCUT2D eigenvalue weighted by Crippen LogP contribution is 2.21. The van der Waals surface area contributed by atoms with E-state index in [1.54, 1.807) is 0 Å². The molecule has 0 fully saturated rings. The average molecular weight is 226 g/mol. The van der Waals surface area contributed by atoms with Crippen LogP contribution in [0, 0.1) is 5.92 Å². The number of aliphatic hydroxyl groups excluding tert-OH is 1. The molecule has 0 aromatic carbocycles. The van der Waals surface area contributed by atoms with Gasteiger partial charge in [-0.3, -0.25) is 0 Å². The molecule has 1 N–H and O–H groups in total. The summed E-state index contributed by atoms with van der Waals surface area (Å²) in [5.41, 5.74) is 0. The molecular weight excluding hydrogens is 204 g/mol. The van der Waals surface area contributed by atoms with Crippen LogP contribution in [0.4, 0.5) is 0 Å². The Labute approximate surface area is 97.2 Å². The maximum Gasteiger partial charge on any atom is 0.0512 e. The van der Waals surface area contributed by atoms with Crippen molar-refractivity contribution in [3.63, 3.8) is 0 Å². The van der Waals surface area contributed by atoms with Crippen molar-refractivity contribution in [3.05, 3.63) is 21.9 Å². The van der Waals surface area contributed by atoms with Crippen LogP contribution in [0.2, 0.25) is 0 Å². The van der Waals surface area contributed by atoms with Gasteiger partial charge in [-0.05, 0) is 50.7 Å². The lowest BCUT2D eigenvalue weighted by atomic mass is 10.1. The van der Waals surface area contributed by atoms with E-state index in [4.69, 9.17) is 5.11 Å². The van der Waals surface area contributed by atoms with Crippen molar-refractivity contribution < 1.29 is 5.11 Å². The summed E-state index contributed by atoms with van der Waals surface area (Å²) in [4.78, 5) is 2.96. The molecule has 1 aromatic rings. The van der Waals surface area contributed by atoms with E-state index in [-0.39, 0.29) is 6.10 Å². The molecule has 1 unspecified atom stereocenters. The van der Waals surface area contributed by atoms with Crippen LogP contribution in [-0.4, -0.2) is 11.2 Å². The van der Waals surface area contributed by atoms with Crippen molar-refractivity contribution >= 4 is 11.3 Å². The van der Waals surface area contributed by atoms with E-state index in [9.17, 15) is 0 Å². The van der Waals surface area contributed by atoms with Crippen LogP contribution >= 0.6 is 11.3 Å². The first kappa shape index (κ1) is 12.7. The highest BCUT2D eigenvalue weighted by atomic mass is 32.1. The third-order valence-electron chi connectivity index (χ3n) is 2.37. The molecular formula is C13H22OS. The summed E-state index contributed by atoms with van der Waals surface area (Å²) < 4.78 is 0. The van der Waals surface area contributed by atoms with E-state index in [2.05, 4.69) is 26.0 Å². The van der Waals surface area contributed by atoms with Crippen molar-refractivity contribution in [1.82, 2.24) is 0 Å². The smallest absolute Gasteiger partial charge is 0.0512 e. The van der Waals surface area contributed by atoms with Crippen LogP contribution < -0.4 is 0 Å². The first-order valence-electron chi connectivity index (χ1n) is 5.83. The van der Waals surface area contributed by atoms with E-state index in [1.165, 1.54) is 16.2 Å². The van der Waals surface area contributed by atoms with Crippen molar-refractivity contribution in [2.45, 2.75) is 52.6 Å². The third-order valence-corrected chi connectivity index (χ3v) is 3.54. The Balaban J connectivity index is 2.33. The number of thiophene rings is 1. The molecule has 1 nitrogen and oxygen atoms in total. The van der Waals surface area contributed by atoms with E-state index >= 15 is 0 Å². The van der Waals surface area contributed by atoms with Gasteiger partial charge in [0.1, 0.15) is 0 Å². The largest absolute Gasteiger partial charge is 0.393 e. The van der Waals surface area contributed by atoms with Gasteiger partial charge in [0, 0.05) is 9.75 Å². The molecule has 0 aliphatic heterocycles. The van der Waals surface area contributed by atoms with Gasteiger partial charge in [0.25, 0.3) is 0 Å². The number of aliphatic hydroxyl groups is 1. The highest BCUT2D eigenvalue weighted by Gasteiger charge is 2.03. The normalized spacial score (nSPS) is 13.4. The van der Waals surface area contributed by atoms with Crippen LogP contribution in [0.25, 0.3) is 0 Å². The zero-order valence-electron chi connectivity index (χ0n) is 9.99. The van der Waals surface area contributed by atoms with Gasteiger partial charge in [-0.2, -0.15) is 0 Å². The first-order valence-corrected chi connectivity index (χ1v) is 6.65. The molecule has 0 saturated carbocycles. The van der Waals surface area contributed by atoms with E-state index in [0.29, 0.717) is 0 Å². The monoisotopic (exact) mass is 226 g/mol. The molecule has 0 aliphatic carbocycles. The minimum Gasteiger partial charge on any atom is -0.393 e. The van der Waals surface area contributed by atoms with Gasteiger partial charge in [0.05, 0.1) is 6.10 Å². The van der Waals surface area contributed by atoms with Gasteiger partial charge in [0.2, 0.25) is 0 Å². The number of hydrogen-bond acceptors (Lipinski definition) is 2. The minimum atomic E-state index is -0.153. The zero-order chi connectivity index (χ0) is 11.3. The Morgan fingerprint density at radius 3 is 2.47 bits per heavy atom. The maximum absolute atomic E-state index is 9.16. The summed E-state index contributed by atoms with van der Waals surface area (Å²) in [5.74, 6) is 0.744. The second kappa shape index (κ2) is 6.29. The summed E-state index contributed by atoms with van der Waals surface area (Å²) in [5, 5.41) is 9.16. The number of rotatable bonds is 6. The van der Waals surface area contributed by atoms with Gasteiger partial charge in [0.15, 0.2) is 0 Å². The predicted molar refractivity (Wildman–Crippen MR) is 67.5 cm³/mol. The lowest BCUT2D eigenvalue weighted by Crippen LogP contribution is -1.99. The minimum absolute atomic E-state index is 0.153. The molecule has 1 atom stereocenters. The Hall–Kier alpha value is -0.340. The Morgan fingerprint density at radius 2 is 1.87 bits per heavy atom. The van der Waals surface area contributed by atoms with Gasteiger partial charge < -0.3 is 5.11 Å².